The van der Waals surface area contributed by atoms with E-state index in [1.54, 1.807) is 0 Å². The average Bonchev–Trinajstić information content (AvgIpc) is 1.31. The molecule has 2 unspecified atom stereocenters. The molecule has 0 radical (unpaired) electrons. The molecular formula is C2H6NO3S-. The number of hydrogen-bond donors (Lipinski definition) is 2. The number of aliphatic hydroxyl groups is 1. The van der Waals surface area contributed by atoms with Crippen molar-refractivity contribution in [2.24, 2.45) is 5.73 Å². The Morgan fingerprint density at radius 1 is 2.00 bits per heavy atom. The lowest BCUT2D eigenvalue weighted by molar-refractivity contribution is 0.148. The van der Waals surface area contributed by atoms with E-state index in [1.165, 1.54) is 0 Å². The highest BCUT2D eigenvalue weighted by Gasteiger charge is 2.11. The molecule has 0 bridgehead atoms. The van der Waals surface area contributed by atoms with E-state index in [2.05, 4.69) is 5.73 Å². The first-order valence-corrected chi connectivity index (χ1v) is 2.62. The molecule has 0 aliphatic carbocycles. The summed E-state index contributed by atoms with van der Waals surface area (Å²) in [5, 5.41) is 6.18. The third-order valence-corrected chi connectivity index (χ3v) is 1.01. The Hall–Kier alpha value is 0.0300. The SMILES string of the molecule is CC(N)(O)S(=O)[O-]. The minimum absolute atomic E-state index is 0.982. The monoisotopic (exact) mass is 124 g/mol. The van der Waals surface area contributed by atoms with E-state index in [0.29, 0.717) is 0 Å². The van der Waals surface area contributed by atoms with E-state index in [9.17, 15) is 8.76 Å². The third kappa shape index (κ3) is 2.69. The Kier molecular flexibility index (Phi) is 1.88. The van der Waals surface area contributed by atoms with Gasteiger partial charge in [-0.05, 0) is 18.0 Å². The Morgan fingerprint density at radius 3 is 2.14 bits per heavy atom. The van der Waals surface area contributed by atoms with Crippen LogP contribution in [0.2, 0.25) is 0 Å². The molecular weight excluding hydrogens is 118 g/mol. The number of rotatable bonds is 1. The maximum Gasteiger partial charge on any atom is 0.174 e. The summed E-state index contributed by atoms with van der Waals surface area (Å²) in [6.45, 7) is 0.982. The standard InChI is InChI=1S/C2H7NO3S/c1-2(3,4)7(5)6/h4H,3H2,1H3,(H,5,6)/p-1. The van der Waals surface area contributed by atoms with E-state index in [1.807, 2.05) is 0 Å². The van der Waals surface area contributed by atoms with Gasteiger partial charge in [0.15, 0.2) is 5.06 Å². The Morgan fingerprint density at radius 2 is 2.14 bits per heavy atom. The molecule has 0 saturated carbocycles. The normalized spacial score (nSPS) is 23.4. The van der Waals surface area contributed by atoms with Gasteiger partial charge in [0, 0.05) is 0 Å². The van der Waals surface area contributed by atoms with Gasteiger partial charge in [0.05, 0.1) is 0 Å². The topological polar surface area (TPSA) is 86.4 Å². The molecule has 0 saturated heterocycles. The van der Waals surface area contributed by atoms with E-state index in [-0.39, 0.29) is 0 Å². The van der Waals surface area contributed by atoms with E-state index in [0.717, 1.165) is 6.92 Å². The second-order valence-corrected chi connectivity index (χ2v) is 2.59. The van der Waals surface area contributed by atoms with Crippen LogP contribution in [0.4, 0.5) is 0 Å². The largest absolute Gasteiger partial charge is 0.769 e. The second kappa shape index (κ2) is 1.87. The molecule has 0 aromatic rings. The summed E-state index contributed by atoms with van der Waals surface area (Å²) in [5.41, 5.74) is 4.62. The zero-order valence-electron chi connectivity index (χ0n) is 3.75. The fraction of sp³-hybridized carbons (Fsp3) is 1.00. The maximum atomic E-state index is 9.65. The van der Waals surface area contributed by atoms with Crippen molar-refractivity contribution in [1.82, 2.24) is 0 Å². The molecule has 0 aliphatic rings. The summed E-state index contributed by atoms with van der Waals surface area (Å²) in [7, 11) is 0. The first-order chi connectivity index (χ1) is 2.94. The molecule has 3 N–H and O–H groups in total. The minimum Gasteiger partial charge on any atom is -0.769 e. The molecule has 2 atom stereocenters. The lowest BCUT2D eigenvalue weighted by Crippen LogP contribution is -2.40. The van der Waals surface area contributed by atoms with Crippen LogP contribution in [0.5, 0.6) is 0 Å². The zero-order chi connectivity index (χ0) is 6.08. The lowest BCUT2D eigenvalue weighted by atomic mass is 10.7. The number of hydrogen-bond acceptors (Lipinski definition) is 4. The van der Waals surface area contributed by atoms with Crippen LogP contribution in [0.25, 0.3) is 0 Å². The fourth-order valence-corrected chi connectivity index (χ4v) is 0. The van der Waals surface area contributed by atoms with Gasteiger partial charge < -0.3 is 9.66 Å². The predicted octanol–water partition coefficient (Wildman–Crippen LogP) is -1.51. The van der Waals surface area contributed by atoms with Crippen LogP contribution in [0.15, 0.2) is 0 Å². The van der Waals surface area contributed by atoms with Gasteiger partial charge in [-0.25, -0.2) is 0 Å². The minimum atomic E-state index is -2.60. The zero-order valence-corrected chi connectivity index (χ0v) is 4.57. The Balaban J connectivity index is 3.79. The highest BCUT2D eigenvalue weighted by molar-refractivity contribution is 7.80. The first-order valence-electron chi connectivity index (χ1n) is 1.55. The van der Waals surface area contributed by atoms with E-state index < -0.39 is 16.1 Å². The van der Waals surface area contributed by atoms with Crippen LogP contribution in [0.1, 0.15) is 6.92 Å². The van der Waals surface area contributed by atoms with Crippen LogP contribution < -0.4 is 5.73 Å². The van der Waals surface area contributed by atoms with Gasteiger partial charge in [0.2, 0.25) is 0 Å². The average molecular weight is 124 g/mol. The Bertz CT molecular complexity index is 85.4. The van der Waals surface area contributed by atoms with Gasteiger partial charge in [-0.15, -0.1) is 0 Å². The van der Waals surface area contributed by atoms with Crippen LogP contribution in [-0.4, -0.2) is 18.9 Å². The summed E-state index contributed by atoms with van der Waals surface area (Å²) in [4.78, 5) is 0. The van der Waals surface area contributed by atoms with Gasteiger partial charge in [-0.2, -0.15) is 0 Å². The molecule has 0 aromatic heterocycles. The predicted molar refractivity (Wildman–Crippen MR) is 23.7 cm³/mol. The summed E-state index contributed by atoms with van der Waals surface area (Å²) in [6, 6.07) is 0. The summed E-state index contributed by atoms with van der Waals surface area (Å²) < 4.78 is 19.3. The summed E-state index contributed by atoms with van der Waals surface area (Å²) in [5.74, 6) is 0. The van der Waals surface area contributed by atoms with Crippen LogP contribution in [-0.2, 0) is 11.1 Å². The van der Waals surface area contributed by atoms with Gasteiger partial charge >= 0.3 is 0 Å². The summed E-state index contributed by atoms with van der Waals surface area (Å²) >= 11 is -2.60. The molecule has 0 rings (SSSR count). The molecule has 4 nitrogen and oxygen atoms in total. The van der Waals surface area contributed by atoms with Crippen molar-refractivity contribution in [3.05, 3.63) is 0 Å². The summed E-state index contributed by atoms with van der Waals surface area (Å²) in [6.07, 6.45) is 0. The molecule has 5 heteroatoms. The van der Waals surface area contributed by atoms with E-state index in [4.69, 9.17) is 5.11 Å². The molecule has 0 fully saturated rings. The van der Waals surface area contributed by atoms with Crippen molar-refractivity contribution in [3.8, 4) is 0 Å². The van der Waals surface area contributed by atoms with Crippen molar-refractivity contribution in [3.63, 3.8) is 0 Å². The van der Waals surface area contributed by atoms with Crippen LogP contribution in [0.3, 0.4) is 0 Å². The van der Waals surface area contributed by atoms with Gasteiger partial charge in [0.25, 0.3) is 0 Å². The smallest absolute Gasteiger partial charge is 0.174 e. The lowest BCUT2D eigenvalue weighted by Gasteiger charge is -2.19. The van der Waals surface area contributed by atoms with Crippen molar-refractivity contribution < 1.29 is 13.9 Å². The molecule has 0 heterocycles. The van der Waals surface area contributed by atoms with Crippen molar-refractivity contribution in [1.29, 1.82) is 0 Å². The third-order valence-electron chi connectivity index (χ3n) is 0.337. The molecule has 0 aromatic carbocycles. The van der Waals surface area contributed by atoms with Crippen LogP contribution in [0, 0.1) is 0 Å². The molecule has 0 aliphatic heterocycles. The number of nitrogens with two attached hydrogens (primary N) is 1. The second-order valence-electron chi connectivity index (χ2n) is 1.29. The van der Waals surface area contributed by atoms with Crippen molar-refractivity contribution in [2.75, 3.05) is 0 Å². The van der Waals surface area contributed by atoms with Crippen LogP contribution >= 0.6 is 0 Å². The molecule has 0 amide bonds. The quantitative estimate of drug-likeness (QED) is 0.328. The first kappa shape index (κ1) is 7.03. The van der Waals surface area contributed by atoms with E-state index >= 15 is 0 Å². The molecule has 7 heavy (non-hydrogen) atoms. The van der Waals surface area contributed by atoms with Crippen molar-refractivity contribution in [2.45, 2.75) is 12.0 Å². The maximum absolute atomic E-state index is 9.65. The van der Waals surface area contributed by atoms with Gasteiger partial charge in [0.1, 0.15) is 0 Å². The van der Waals surface area contributed by atoms with Crippen molar-refractivity contribution >= 4 is 11.1 Å². The van der Waals surface area contributed by atoms with Gasteiger partial charge in [-0.3, -0.25) is 9.94 Å². The highest BCUT2D eigenvalue weighted by atomic mass is 32.2. The molecule has 0 spiro atoms. The Labute approximate surface area is 43.6 Å². The fourth-order valence-electron chi connectivity index (χ4n) is 0. The molecule has 44 valence electrons. The van der Waals surface area contributed by atoms with Gasteiger partial charge in [-0.1, -0.05) is 0 Å². The highest BCUT2D eigenvalue weighted by Crippen LogP contribution is 1.93.